The second-order valence-corrected chi connectivity index (χ2v) is 5.54. The zero-order valence-electron chi connectivity index (χ0n) is 8.99. The highest BCUT2D eigenvalue weighted by Crippen LogP contribution is 2.42. The summed E-state index contributed by atoms with van der Waals surface area (Å²) >= 11 is 3.74. The van der Waals surface area contributed by atoms with Crippen molar-refractivity contribution in [1.82, 2.24) is 19.9 Å². The Morgan fingerprint density at radius 1 is 1.32 bits per heavy atom. The standard InChI is InChI=1S/C10H4BrF3N4S/c11-4-1-6(10(12,13)14)19-7(4)9-17-5-2-15-3-16-8(5)18-9/h1-3H,(H,15,16,17,18). The van der Waals surface area contributed by atoms with E-state index in [1.165, 1.54) is 12.5 Å². The fourth-order valence-electron chi connectivity index (χ4n) is 1.54. The van der Waals surface area contributed by atoms with Crippen molar-refractivity contribution in [1.29, 1.82) is 0 Å². The molecule has 19 heavy (non-hydrogen) atoms. The van der Waals surface area contributed by atoms with Crippen molar-refractivity contribution in [3.05, 3.63) is 27.9 Å². The lowest BCUT2D eigenvalue weighted by Gasteiger charge is -2.00. The molecular weight excluding hydrogens is 345 g/mol. The number of hydrogen-bond acceptors (Lipinski definition) is 4. The Morgan fingerprint density at radius 3 is 2.74 bits per heavy atom. The molecule has 3 aromatic heterocycles. The van der Waals surface area contributed by atoms with E-state index < -0.39 is 11.1 Å². The van der Waals surface area contributed by atoms with E-state index in [2.05, 4.69) is 35.9 Å². The summed E-state index contributed by atoms with van der Waals surface area (Å²) in [5.41, 5.74) is 0.991. The predicted octanol–water partition coefficient (Wildman–Crippen LogP) is 3.86. The number of hydrogen-bond donors (Lipinski definition) is 1. The number of fused-ring (bicyclic) bond motifs is 1. The molecule has 98 valence electrons. The van der Waals surface area contributed by atoms with Crippen molar-refractivity contribution in [2.75, 3.05) is 0 Å². The maximum atomic E-state index is 12.6. The van der Waals surface area contributed by atoms with Crippen LogP contribution in [0.3, 0.4) is 0 Å². The van der Waals surface area contributed by atoms with Crippen LogP contribution in [-0.4, -0.2) is 19.9 Å². The molecule has 3 rings (SSSR count). The Labute approximate surface area is 116 Å². The third-order valence-corrected chi connectivity index (χ3v) is 4.42. The average molecular weight is 349 g/mol. The molecule has 0 unspecified atom stereocenters. The van der Waals surface area contributed by atoms with Crippen LogP contribution in [0.5, 0.6) is 0 Å². The SMILES string of the molecule is FC(F)(F)c1cc(Br)c(-c2nc3ncncc3[nH]2)s1. The van der Waals surface area contributed by atoms with Gasteiger partial charge < -0.3 is 4.98 Å². The van der Waals surface area contributed by atoms with Crippen LogP contribution in [-0.2, 0) is 6.18 Å². The van der Waals surface area contributed by atoms with Crippen molar-refractivity contribution in [2.24, 2.45) is 0 Å². The summed E-state index contributed by atoms with van der Waals surface area (Å²) in [6.07, 6.45) is -1.51. The summed E-state index contributed by atoms with van der Waals surface area (Å²) in [5, 5.41) is 0. The van der Waals surface area contributed by atoms with Gasteiger partial charge in [0.25, 0.3) is 0 Å². The molecule has 0 aliphatic heterocycles. The fourth-order valence-corrected chi connectivity index (χ4v) is 3.21. The van der Waals surface area contributed by atoms with Gasteiger partial charge in [0.05, 0.1) is 11.1 Å². The number of thiophene rings is 1. The first kappa shape index (κ1) is 12.5. The third kappa shape index (κ3) is 2.23. The number of halogens is 4. The Balaban J connectivity index is 2.13. The summed E-state index contributed by atoms with van der Waals surface area (Å²) in [4.78, 5) is 14.5. The maximum Gasteiger partial charge on any atom is 0.425 e. The Hall–Kier alpha value is -1.48. The van der Waals surface area contributed by atoms with E-state index in [0.29, 0.717) is 37.7 Å². The molecule has 0 aliphatic carbocycles. The lowest BCUT2D eigenvalue weighted by atomic mass is 10.4. The van der Waals surface area contributed by atoms with E-state index in [0.717, 1.165) is 6.07 Å². The Bertz CT molecular complexity index is 716. The number of H-pyrrole nitrogens is 1. The van der Waals surface area contributed by atoms with Crippen LogP contribution >= 0.6 is 27.3 Å². The van der Waals surface area contributed by atoms with Crippen LogP contribution in [0.1, 0.15) is 4.88 Å². The molecule has 0 radical (unpaired) electrons. The highest BCUT2D eigenvalue weighted by Gasteiger charge is 2.34. The summed E-state index contributed by atoms with van der Waals surface area (Å²) < 4.78 is 38.3. The van der Waals surface area contributed by atoms with Gasteiger partial charge in [-0.15, -0.1) is 11.3 Å². The summed E-state index contributed by atoms with van der Waals surface area (Å²) in [6.45, 7) is 0. The van der Waals surface area contributed by atoms with Crippen LogP contribution in [0, 0.1) is 0 Å². The zero-order valence-corrected chi connectivity index (χ0v) is 11.4. The van der Waals surface area contributed by atoms with E-state index in [1.807, 2.05) is 0 Å². The number of imidazole rings is 1. The molecule has 0 aliphatic rings. The number of rotatable bonds is 1. The van der Waals surface area contributed by atoms with Gasteiger partial charge in [-0.1, -0.05) is 0 Å². The maximum absolute atomic E-state index is 12.6. The smallest absolute Gasteiger partial charge is 0.335 e. The normalized spacial score (nSPS) is 12.2. The zero-order chi connectivity index (χ0) is 13.6. The second kappa shape index (κ2) is 4.27. The Morgan fingerprint density at radius 2 is 2.11 bits per heavy atom. The topological polar surface area (TPSA) is 54.5 Å². The van der Waals surface area contributed by atoms with Gasteiger partial charge in [-0.2, -0.15) is 13.2 Å². The van der Waals surface area contributed by atoms with Gasteiger partial charge >= 0.3 is 6.18 Å². The lowest BCUT2D eigenvalue weighted by molar-refractivity contribution is -0.134. The minimum absolute atomic E-state index is 0.336. The van der Waals surface area contributed by atoms with Crippen LogP contribution < -0.4 is 0 Å². The minimum Gasteiger partial charge on any atom is -0.335 e. The number of aromatic nitrogens is 4. The minimum atomic E-state index is -4.36. The van der Waals surface area contributed by atoms with Crippen molar-refractivity contribution in [2.45, 2.75) is 6.18 Å². The molecule has 0 amide bonds. The number of nitrogens with zero attached hydrogens (tertiary/aromatic N) is 3. The van der Waals surface area contributed by atoms with Crippen LogP contribution in [0.15, 0.2) is 23.1 Å². The molecule has 3 heterocycles. The molecule has 4 nitrogen and oxygen atoms in total. The molecule has 9 heteroatoms. The molecule has 3 aromatic rings. The van der Waals surface area contributed by atoms with E-state index in [4.69, 9.17) is 0 Å². The monoisotopic (exact) mass is 348 g/mol. The third-order valence-electron chi connectivity index (χ3n) is 2.34. The van der Waals surface area contributed by atoms with Crippen molar-refractivity contribution in [3.8, 4) is 10.7 Å². The quantitative estimate of drug-likeness (QED) is 0.726. The molecule has 1 N–H and O–H groups in total. The molecule has 0 saturated heterocycles. The number of aromatic amines is 1. The highest BCUT2D eigenvalue weighted by atomic mass is 79.9. The molecule has 0 saturated carbocycles. The van der Waals surface area contributed by atoms with Gasteiger partial charge in [0, 0.05) is 4.47 Å². The second-order valence-electron chi connectivity index (χ2n) is 3.63. The molecular formula is C10H4BrF3N4S. The number of alkyl halides is 3. The van der Waals surface area contributed by atoms with Gasteiger partial charge in [0.1, 0.15) is 16.7 Å². The van der Waals surface area contributed by atoms with Gasteiger partial charge in [0.15, 0.2) is 11.5 Å². The average Bonchev–Trinajstić information content (AvgIpc) is 2.90. The van der Waals surface area contributed by atoms with Crippen molar-refractivity contribution in [3.63, 3.8) is 0 Å². The van der Waals surface area contributed by atoms with E-state index in [1.54, 1.807) is 0 Å². The van der Waals surface area contributed by atoms with E-state index >= 15 is 0 Å². The summed E-state index contributed by atoms with van der Waals surface area (Å²) in [6, 6.07) is 1.04. The summed E-state index contributed by atoms with van der Waals surface area (Å²) in [5.74, 6) is 0.336. The van der Waals surface area contributed by atoms with Crippen LogP contribution in [0.2, 0.25) is 0 Å². The first-order valence-corrected chi connectivity index (χ1v) is 6.59. The molecule has 0 spiro atoms. The van der Waals surface area contributed by atoms with E-state index in [9.17, 15) is 13.2 Å². The van der Waals surface area contributed by atoms with Crippen LogP contribution in [0.25, 0.3) is 21.9 Å². The van der Waals surface area contributed by atoms with Gasteiger partial charge in [-0.3, -0.25) is 0 Å². The lowest BCUT2D eigenvalue weighted by Crippen LogP contribution is -2.00. The van der Waals surface area contributed by atoms with Crippen molar-refractivity contribution >= 4 is 38.4 Å². The molecule has 0 atom stereocenters. The Kier molecular flexibility index (Phi) is 2.82. The van der Waals surface area contributed by atoms with Gasteiger partial charge in [-0.05, 0) is 22.0 Å². The fraction of sp³-hybridized carbons (Fsp3) is 0.100. The predicted molar refractivity (Wildman–Crippen MR) is 67.7 cm³/mol. The molecule has 0 bridgehead atoms. The number of nitrogens with one attached hydrogen (secondary N) is 1. The highest BCUT2D eigenvalue weighted by molar-refractivity contribution is 9.10. The van der Waals surface area contributed by atoms with Crippen molar-refractivity contribution < 1.29 is 13.2 Å². The largest absolute Gasteiger partial charge is 0.425 e. The molecule has 0 fully saturated rings. The molecule has 0 aromatic carbocycles. The van der Waals surface area contributed by atoms with Gasteiger partial charge in [-0.25, -0.2) is 15.0 Å². The van der Waals surface area contributed by atoms with E-state index in [-0.39, 0.29) is 0 Å². The van der Waals surface area contributed by atoms with Gasteiger partial charge in [0.2, 0.25) is 0 Å². The summed E-state index contributed by atoms with van der Waals surface area (Å²) in [7, 11) is 0. The first-order valence-electron chi connectivity index (χ1n) is 4.98. The van der Waals surface area contributed by atoms with Crippen LogP contribution in [0.4, 0.5) is 13.2 Å². The first-order chi connectivity index (χ1) is 8.95.